The predicted octanol–water partition coefficient (Wildman–Crippen LogP) is 2.58. The summed E-state index contributed by atoms with van der Waals surface area (Å²) in [6.45, 7) is 3.77. The van der Waals surface area contributed by atoms with Gasteiger partial charge in [-0.25, -0.2) is 4.79 Å². The first-order valence-corrected chi connectivity index (χ1v) is 9.05. The third kappa shape index (κ3) is 4.12. The van der Waals surface area contributed by atoms with Crippen molar-refractivity contribution in [1.82, 2.24) is 15.1 Å². The fourth-order valence-electron chi connectivity index (χ4n) is 3.82. The van der Waals surface area contributed by atoms with Crippen LogP contribution in [0.4, 0.5) is 0 Å². The van der Waals surface area contributed by atoms with E-state index in [0.29, 0.717) is 6.42 Å². The van der Waals surface area contributed by atoms with Gasteiger partial charge in [-0.1, -0.05) is 24.3 Å². The van der Waals surface area contributed by atoms with Crippen molar-refractivity contribution in [1.29, 1.82) is 0 Å². The van der Waals surface area contributed by atoms with E-state index in [0.717, 1.165) is 30.7 Å². The zero-order valence-corrected chi connectivity index (χ0v) is 15.2. The summed E-state index contributed by atoms with van der Waals surface area (Å²) in [7, 11) is 0. The summed E-state index contributed by atoms with van der Waals surface area (Å²) in [5.41, 5.74) is 4.23. The van der Waals surface area contributed by atoms with Crippen LogP contribution in [0.5, 0.6) is 0 Å². The van der Waals surface area contributed by atoms with E-state index in [4.69, 9.17) is 0 Å². The van der Waals surface area contributed by atoms with Gasteiger partial charge in [0.1, 0.15) is 12.6 Å². The number of carbonyl (C=O) groups excluding carboxylic acids is 1. The van der Waals surface area contributed by atoms with Gasteiger partial charge < -0.3 is 10.4 Å². The number of benzene rings is 1. The summed E-state index contributed by atoms with van der Waals surface area (Å²) in [4.78, 5) is 24.0. The van der Waals surface area contributed by atoms with Crippen LogP contribution >= 0.6 is 0 Å². The molecule has 2 aromatic rings. The lowest BCUT2D eigenvalue weighted by atomic mass is 9.79. The van der Waals surface area contributed by atoms with Gasteiger partial charge in [-0.3, -0.25) is 9.48 Å². The maximum Gasteiger partial charge on any atom is 0.326 e. The van der Waals surface area contributed by atoms with Gasteiger partial charge in [0.2, 0.25) is 5.91 Å². The summed E-state index contributed by atoms with van der Waals surface area (Å²) in [6, 6.07) is 9.20. The van der Waals surface area contributed by atoms with Crippen LogP contribution in [0, 0.1) is 13.8 Å². The molecule has 1 heterocycles. The standard InChI is InChI=1S/C20H25N3O3/c1-13-10-14(2)23(22-13)12-19(24)21-18(20(25)26)11-16-8-5-7-15-6-3-4-9-17(15)16/h3-4,6,9-10,16,18H,5,7-8,11-12H2,1-2H3,(H,21,24)(H,25,26). The van der Waals surface area contributed by atoms with Crippen molar-refractivity contribution < 1.29 is 14.7 Å². The molecule has 3 rings (SSSR count). The van der Waals surface area contributed by atoms with Gasteiger partial charge in [-0.15, -0.1) is 0 Å². The molecule has 0 bridgehead atoms. The maximum absolute atomic E-state index is 12.3. The van der Waals surface area contributed by atoms with E-state index < -0.39 is 12.0 Å². The minimum atomic E-state index is -0.991. The molecule has 2 unspecified atom stereocenters. The number of hydrogen-bond acceptors (Lipinski definition) is 3. The molecule has 6 heteroatoms. The molecule has 1 aliphatic carbocycles. The zero-order valence-electron chi connectivity index (χ0n) is 15.2. The van der Waals surface area contributed by atoms with Gasteiger partial charge in [-0.05, 0) is 62.6 Å². The van der Waals surface area contributed by atoms with E-state index in [-0.39, 0.29) is 18.4 Å². The van der Waals surface area contributed by atoms with Crippen molar-refractivity contribution in [3.63, 3.8) is 0 Å². The molecule has 0 radical (unpaired) electrons. The molecule has 0 saturated heterocycles. The lowest BCUT2D eigenvalue weighted by Crippen LogP contribution is -2.43. The highest BCUT2D eigenvalue weighted by atomic mass is 16.4. The molecule has 1 amide bonds. The maximum atomic E-state index is 12.3. The molecule has 0 fully saturated rings. The fraction of sp³-hybridized carbons (Fsp3) is 0.450. The Bertz CT molecular complexity index is 812. The molecule has 2 atom stereocenters. The number of rotatable bonds is 6. The number of carbonyl (C=O) groups is 2. The molecule has 1 aliphatic rings. The number of aromatic nitrogens is 2. The summed E-state index contributed by atoms with van der Waals surface area (Å²) in [5.74, 6) is -1.16. The number of carboxylic acid groups (broad SMARTS) is 1. The molecule has 0 spiro atoms. The number of amides is 1. The summed E-state index contributed by atoms with van der Waals surface area (Å²) < 4.78 is 1.60. The highest BCUT2D eigenvalue weighted by Crippen LogP contribution is 2.34. The Kier molecular flexibility index (Phi) is 5.40. The highest BCUT2D eigenvalue weighted by molar-refractivity contribution is 5.83. The first kappa shape index (κ1) is 18.2. The number of nitrogens with one attached hydrogen (secondary N) is 1. The number of nitrogens with zero attached hydrogens (tertiary/aromatic N) is 2. The third-order valence-corrected chi connectivity index (χ3v) is 5.04. The quantitative estimate of drug-likeness (QED) is 0.834. The predicted molar refractivity (Wildman–Crippen MR) is 98.0 cm³/mol. The molecule has 138 valence electrons. The topological polar surface area (TPSA) is 84.2 Å². The van der Waals surface area contributed by atoms with Gasteiger partial charge in [-0.2, -0.15) is 5.10 Å². The van der Waals surface area contributed by atoms with E-state index in [1.165, 1.54) is 11.1 Å². The largest absolute Gasteiger partial charge is 0.480 e. The van der Waals surface area contributed by atoms with Gasteiger partial charge >= 0.3 is 5.97 Å². The number of carboxylic acids is 1. The average Bonchev–Trinajstić information content (AvgIpc) is 2.91. The normalized spacial score (nSPS) is 17.4. The number of fused-ring (bicyclic) bond motifs is 1. The summed E-state index contributed by atoms with van der Waals surface area (Å²) in [5, 5.41) is 16.5. The lowest BCUT2D eigenvalue weighted by molar-refractivity contribution is -0.142. The second-order valence-corrected chi connectivity index (χ2v) is 7.07. The molecule has 2 N–H and O–H groups in total. The first-order chi connectivity index (χ1) is 12.4. The van der Waals surface area contributed by atoms with Gasteiger partial charge in [0.05, 0.1) is 5.69 Å². The van der Waals surface area contributed by atoms with Gasteiger partial charge in [0, 0.05) is 5.69 Å². The SMILES string of the molecule is Cc1cc(C)n(CC(=O)NC(CC2CCCc3ccccc32)C(=O)O)n1. The Morgan fingerprint density at radius 3 is 2.81 bits per heavy atom. The van der Waals surface area contributed by atoms with Crippen molar-refractivity contribution in [3.8, 4) is 0 Å². The van der Waals surface area contributed by atoms with Crippen LogP contribution in [0.1, 0.15) is 47.7 Å². The van der Waals surface area contributed by atoms with E-state index in [1.54, 1.807) is 4.68 Å². The van der Waals surface area contributed by atoms with E-state index in [2.05, 4.69) is 22.5 Å². The Labute approximate surface area is 153 Å². The smallest absolute Gasteiger partial charge is 0.326 e. The van der Waals surface area contributed by atoms with E-state index in [1.807, 2.05) is 32.0 Å². The Morgan fingerprint density at radius 1 is 1.35 bits per heavy atom. The van der Waals surface area contributed by atoms with Crippen LogP contribution in [0.15, 0.2) is 30.3 Å². The molecular formula is C20H25N3O3. The molecule has 26 heavy (non-hydrogen) atoms. The third-order valence-electron chi connectivity index (χ3n) is 5.04. The monoisotopic (exact) mass is 355 g/mol. The first-order valence-electron chi connectivity index (χ1n) is 9.05. The van der Waals surface area contributed by atoms with E-state index >= 15 is 0 Å². The van der Waals surface area contributed by atoms with Crippen molar-refractivity contribution in [2.75, 3.05) is 0 Å². The zero-order chi connectivity index (χ0) is 18.7. The minimum absolute atomic E-state index is 0.0324. The molecule has 6 nitrogen and oxygen atoms in total. The molecule has 0 saturated carbocycles. The molecule has 1 aromatic heterocycles. The molecule has 1 aromatic carbocycles. The Morgan fingerprint density at radius 2 is 2.12 bits per heavy atom. The van der Waals surface area contributed by atoms with Gasteiger partial charge in [0.15, 0.2) is 0 Å². The van der Waals surface area contributed by atoms with Crippen LogP contribution in [-0.4, -0.2) is 32.8 Å². The van der Waals surface area contributed by atoms with Crippen LogP contribution in [0.2, 0.25) is 0 Å². The Hall–Kier alpha value is -2.63. The van der Waals surface area contributed by atoms with E-state index in [9.17, 15) is 14.7 Å². The minimum Gasteiger partial charge on any atom is -0.480 e. The average molecular weight is 355 g/mol. The number of hydrogen-bond donors (Lipinski definition) is 2. The van der Waals surface area contributed by atoms with Crippen molar-refractivity contribution in [3.05, 3.63) is 52.8 Å². The second kappa shape index (κ2) is 7.72. The van der Waals surface area contributed by atoms with Crippen LogP contribution < -0.4 is 5.32 Å². The van der Waals surface area contributed by atoms with Crippen molar-refractivity contribution >= 4 is 11.9 Å². The summed E-state index contributed by atoms with van der Waals surface area (Å²) in [6.07, 6.45) is 3.45. The number of aliphatic carboxylic acids is 1. The Balaban J connectivity index is 1.67. The van der Waals surface area contributed by atoms with Crippen LogP contribution in [-0.2, 0) is 22.6 Å². The highest BCUT2D eigenvalue weighted by Gasteiger charge is 2.28. The van der Waals surface area contributed by atoms with Crippen molar-refractivity contribution in [2.24, 2.45) is 0 Å². The second-order valence-electron chi connectivity index (χ2n) is 7.07. The number of aryl methyl sites for hydroxylation is 3. The van der Waals surface area contributed by atoms with Crippen molar-refractivity contribution in [2.45, 2.75) is 58.0 Å². The van der Waals surface area contributed by atoms with Crippen LogP contribution in [0.25, 0.3) is 0 Å². The lowest BCUT2D eigenvalue weighted by Gasteiger charge is -2.28. The summed E-state index contributed by atoms with van der Waals surface area (Å²) >= 11 is 0. The molecule has 0 aliphatic heterocycles. The van der Waals surface area contributed by atoms with Gasteiger partial charge in [0.25, 0.3) is 0 Å². The van der Waals surface area contributed by atoms with Crippen LogP contribution in [0.3, 0.4) is 0 Å². The molecular weight excluding hydrogens is 330 g/mol. The fourth-order valence-corrected chi connectivity index (χ4v) is 3.82.